The summed E-state index contributed by atoms with van der Waals surface area (Å²) in [5.41, 5.74) is 0. The number of piperidine rings is 1. The molecule has 1 fully saturated rings. The molecule has 1 aliphatic rings. The molecule has 96 valence electrons. The van der Waals surface area contributed by atoms with E-state index in [0.717, 1.165) is 31.7 Å². The number of hydrogen-bond donors (Lipinski definition) is 1. The Morgan fingerprint density at radius 3 is 2.94 bits per heavy atom. The maximum absolute atomic E-state index is 8.65. The molecule has 0 saturated carbocycles. The Bertz CT molecular complexity index is 421. The minimum absolute atomic E-state index is 0.430. The van der Waals surface area contributed by atoms with Crippen molar-refractivity contribution in [1.29, 1.82) is 5.26 Å². The van der Waals surface area contributed by atoms with Crippen LogP contribution in [0, 0.1) is 11.3 Å². The van der Waals surface area contributed by atoms with Gasteiger partial charge in [0.1, 0.15) is 5.82 Å². The van der Waals surface area contributed by atoms with Gasteiger partial charge in [0.15, 0.2) is 0 Å². The van der Waals surface area contributed by atoms with Crippen LogP contribution in [0.1, 0.15) is 12.8 Å². The first-order chi connectivity index (χ1) is 8.81. The van der Waals surface area contributed by atoms with Gasteiger partial charge >= 0.3 is 0 Å². The van der Waals surface area contributed by atoms with E-state index in [4.69, 9.17) is 10.00 Å². The van der Waals surface area contributed by atoms with Crippen LogP contribution in [-0.2, 0) is 0 Å². The molecule has 0 spiro atoms. The maximum Gasteiger partial charge on any atom is 0.214 e. The van der Waals surface area contributed by atoms with Crippen LogP contribution in [0.2, 0.25) is 0 Å². The van der Waals surface area contributed by atoms with Crippen molar-refractivity contribution in [1.82, 2.24) is 9.88 Å². The number of aromatic nitrogens is 1. The highest BCUT2D eigenvalue weighted by Crippen LogP contribution is 2.17. The predicted molar refractivity (Wildman–Crippen MR) is 69.5 cm³/mol. The van der Waals surface area contributed by atoms with E-state index in [1.807, 2.05) is 18.2 Å². The average molecular weight is 246 g/mol. The van der Waals surface area contributed by atoms with Crippen molar-refractivity contribution in [3.8, 4) is 11.9 Å². The fourth-order valence-corrected chi connectivity index (χ4v) is 2.15. The summed E-state index contributed by atoms with van der Waals surface area (Å²) in [5.74, 6) is 1.48. The minimum atomic E-state index is 0.430. The summed E-state index contributed by atoms with van der Waals surface area (Å²) in [4.78, 5) is 6.52. The summed E-state index contributed by atoms with van der Waals surface area (Å²) in [6.45, 7) is 2.47. The fourth-order valence-electron chi connectivity index (χ4n) is 2.15. The van der Waals surface area contributed by atoms with Crippen LogP contribution in [0.4, 0.5) is 5.82 Å². The number of ether oxygens (including phenoxy) is 1. The summed E-state index contributed by atoms with van der Waals surface area (Å²) in [7, 11) is 1.62. The van der Waals surface area contributed by atoms with Crippen LogP contribution in [-0.4, -0.2) is 42.7 Å². The lowest BCUT2D eigenvalue weighted by Crippen LogP contribution is -2.39. The van der Waals surface area contributed by atoms with E-state index in [-0.39, 0.29) is 0 Å². The van der Waals surface area contributed by atoms with Gasteiger partial charge in [0, 0.05) is 25.2 Å². The van der Waals surface area contributed by atoms with Gasteiger partial charge in [-0.05, 0) is 18.9 Å². The molecule has 5 nitrogen and oxygen atoms in total. The monoisotopic (exact) mass is 246 g/mol. The maximum atomic E-state index is 8.65. The van der Waals surface area contributed by atoms with Crippen molar-refractivity contribution in [2.75, 3.05) is 32.1 Å². The molecule has 1 aliphatic heterocycles. The summed E-state index contributed by atoms with van der Waals surface area (Å²) < 4.78 is 5.10. The van der Waals surface area contributed by atoms with Crippen molar-refractivity contribution in [3.05, 3.63) is 18.2 Å². The molecule has 0 aliphatic carbocycles. The number of rotatable bonds is 4. The second-order valence-electron chi connectivity index (χ2n) is 4.42. The Hall–Kier alpha value is -1.80. The Balaban J connectivity index is 1.86. The molecule has 5 heteroatoms. The zero-order chi connectivity index (χ0) is 12.8. The molecule has 2 rings (SSSR count). The largest absolute Gasteiger partial charge is 0.481 e. The van der Waals surface area contributed by atoms with Gasteiger partial charge in [-0.2, -0.15) is 10.2 Å². The Morgan fingerprint density at radius 2 is 2.28 bits per heavy atom. The molecule has 0 aromatic carbocycles. The summed E-state index contributed by atoms with van der Waals surface area (Å²) in [5, 5.41) is 12.1. The van der Waals surface area contributed by atoms with Gasteiger partial charge in [0.05, 0.1) is 19.7 Å². The molecule has 1 aromatic heterocycles. The summed E-state index contributed by atoms with van der Waals surface area (Å²) in [6, 6.07) is 8.34. The predicted octanol–water partition coefficient (Wildman–Crippen LogP) is 1.49. The van der Waals surface area contributed by atoms with Crippen molar-refractivity contribution < 1.29 is 4.74 Å². The zero-order valence-electron chi connectivity index (χ0n) is 10.6. The zero-order valence-corrected chi connectivity index (χ0v) is 10.6. The number of nitriles is 1. The number of pyridine rings is 1. The van der Waals surface area contributed by atoms with Crippen LogP contribution < -0.4 is 10.1 Å². The molecule has 0 radical (unpaired) electrons. The third kappa shape index (κ3) is 3.34. The van der Waals surface area contributed by atoms with E-state index in [9.17, 15) is 0 Å². The van der Waals surface area contributed by atoms with Gasteiger partial charge < -0.3 is 10.1 Å². The van der Waals surface area contributed by atoms with Crippen molar-refractivity contribution in [3.63, 3.8) is 0 Å². The molecular formula is C13H18N4O. The highest BCUT2D eigenvalue weighted by molar-refractivity contribution is 5.38. The second kappa shape index (κ2) is 6.22. The molecule has 1 saturated heterocycles. The van der Waals surface area contributed by atoms with Gasteiger partial charge in [-0.15, -0.1) is 0 Å². The number of methoxy groups -OCH3 is 1. The number of hydrogen-bond acceptors (Lipinski definition) is 5. The summed E-state index contributed by atoms with van der Waals surface area (Å²) in [6.07, 6.45) is 2.08. The van der Waals surface area contributed by atoms with E-state index >= 15 is 0 Å². The standard InChI is InChI=1S/C13H18N4O/c1-18-13-4-2-3-12(16-13)15-11-5-8-17(9-6-11)10-7-14/h2-4,11H,5-6,8-10H2,1H3,(H,15,16). The smallest absolute Gasteiger partial charge is 0.214 e. The average Bonchev–Trinajstić information content (AvgIpc) is 2.42. The number of nitrogens with zero attached hydrogens (tertiary/aromatic N) is 3. The molecule has 2 heterocycles. The van der Waals surface area contributed by atoms with Crippen molar-refractivity contribution >= 4 is 5.82 Å². The van der Waals surface area contributed by atoms with Crippen molar-refractivity contribution in [2.45, 2.75) is 18.9 Å². The second-order valence-corrected chi connectivity index (χ2v) is 4.42. The normalized spacial score (nSPS) is 17.1. The molecule has 0 unspecified atom stereocenters. The van der Waals surface area contributed by atoms with Gasteiger partial charge in [-0.25, -0.2) is 0 Å². The van der Waals surface area contributed by atoms with Crippen LogP contribution in [0.3, 0.4) is 0 Å². The van der Waals surface area contributed by atoms with Crippen LogP contribution >= 0.6 is 0 Å². The van der Waals surface area contributed by atoms with E-state index in [2.05, 4.69) is 21.3 Å². The van der Waals surface area contributed by atoms with Gasteiger partial charge in [-0.1, -0.05) is 6.07 Å². The lowest BCUT2D eigenvalue weighted by molar-refractivity contribution is 0.242. The molecular weight excluding hydrogens is 228 g/mol. The number of nitrogens with one attached hydrogen (secondary N) is 1. The van der Waals surface area contributed by atoms with E-state index < -0.39 is 0 Å². The molecule has 0 bridgehead atoms. The van der Waals surface area contributed by atoms with Crippen LogP contribution in [0.25, 0.3) is 0 Å². The van der Waals surface area contributed by atoms with Crippen LogP contribution in [0.15, 0.2) is 18.2 Å². The van der Waals surface area contributed by atoms with Gasteiger partial charge in [0.2, 0.25) is 5.88 Å². The lowest BCUT2D eigenvalue weighted by atomic mass is 10.1. The topological polar surface area (TPSA) is 61.2 Å². The first-order valence-electron chi connectivity index (χ1n) is 6.18. The van der Waals surface area contributed by atoms with E-state index in [1.165, 1.54) is 0 Å². The van der Waals surface area contributed by atoms with E-state index in [1.54, 1.807) is 7.11 Å². The third-order valence-corrected chi connectivity index (χ3v) is 3.17. The Labute approximate surface area is 107 Å². The fraction of sp³-hybridized carbons (Fsp3) is 0.538. The van der Waals surface area contributed by atoms with Gasteiger partial charge in [0.25, 0.3) is 0 Å². The third-order valence-electron chi connectivity index (χ3n) is 3.17. The first kappa shape index (κ1) is 12.7. The molecule has 1 N–H and O–H groups in total. The molecule has 1 aromatic rings. The van der Waals surface area contributed by atoms with Crippen LogP contribution in [0.5, 0.6) is 5.88 Å². The minimum Gasteiger partial charge on any atom is -0.481 e. The lowest BCUT2D eigenvalue weighted by Gasteiger charge is -2.30. The number of anilines is 1. The number of likely N-dealkylation sites (tertiary alicyclic amines) is 1. The Kier molecular flexibility index (Phi) is 4.37. The first-order valence-corrected chi connectivity index (χ1v) is 6.18. The molecule has 0 atom stereocenters. The van der Waals surface area contributed by atoms with Crippen molar-refractivity contribution in [2.24, 2.45) is 0 Å². The Morgan fingerprint density at radius 1 is 1.50 bits per heavy atom. The van der Waals surface area contributed by atoms with Gasteiger partial charge in [-0.3, -0.25) is 4.90 Å². The highest BCUT2D eigenvalue weighted by atomic mass is 16.5. The summed E-state index contributed by atoms with van der Waals surface area (Å²) >= 11 is 0. The quantitative estimate of drug-likeness (QED) is 0.816. The van der Waals surface area contributed by atoms with E-state index in [0.29, 0.717) is 18.5 Å². The molecule has 18 heavy (non-hydrogen) atoms. The SMILES string of the molecule is COc1cccc(NC2CCN(CC#N)CC2)n1. The molecule has 0 amide bonds. The highest BCUT2D eigenvalue weighted by Gasteiger charge is 2.18.